The van der Waals surface area contributed by atoms with Crippen LogP contribution in [-0.2, 0) is 4.74 Å². The number of ether oxygens (including phenoxy) is 1. The van der Waals surface area contributed by atoms with Gasteiger partial charge >= 0.3 is 0 Å². The molecule has 5 rings (SSSR count). The van der Waals surface area contributed by atoms with Crippen LogP contribution in [0.2, 0.25) is 0 Å². The van der Waals surface area contributed by atoms with Gasteiger partial charge in [-0.2, -0.15) is 0 Å². The van der Waals surface area contributed by atoms with E-state index in [0.29, 0.717) is 23.0 Å². The second kappa shape index (κ2) is 3.72. The number of hydrogen-bond donors (Lipinski definition) is 0. The van der Waals surface area contributed by atoms with E-state index in [1.807, 2.05) is 5.57 Å². The van der Waals surface area contributed by atoms with Crippen LogP contribution in [0.4, 0.5) is 0 Å². The molecule has 0 radical (unpaired) electrons. The first kappa shape index (κ1) is 12.3. The van der Waals surface area contributed by atoms with Crippen molar-refractivity contribution in [1.29, 1.82) is 0 Å². The fourth-order valence-electron chi connectivity index (χ4n) is 7.00. The molecule has 5 aliphatic rings. The summed E-state index contributed by atoms with van der Waals surface area (Å²) in [6, 6.07) is 0. The fraction of sp³-hybridized carbons (Fsp3) is 0.895. The van der Waals surface area contributed by atoms with Gasteiger partial charge in [0.2, 0.25) is 0 Å². The average molecular weight is 272 g/mol. The molecular weight excluding hydrogens is 244 g/mol. The van der Waals surface area contributed by atoms with E-state index < -0.39 is 0 Å². The second-order valence-corrected chi connectivity index (χ2v) is 8.84. The molecule has 4 fully saturated rings. The summed E-state index contributed by atoms with van der Waals surface area (Å²) < 4.78 is 5.92. The number of allylic oxidation sites excluding steroid dienone is 2. The van der Waals surface area contributed by atoms with Gasteiger partial charge in [-0.05, 0) is 73.5 Å². The highest BCUT2D eigenvalue weighted by Gasteiger charge is 2.67. The fourth-order valence-corrected chi connectivity index (χ4v) is 7.00. The Morgan fingerprint density at radius 2 is 2.05 bits per heavy atom. The third-order valence-corrected chi connectivity index (χ3v) is 8.17. The van der Waals surface area contributed by atoms with Crippen LogP contribution < -0.4 is 0 Å². The zero-order chi connectivity index (χ0) is 13.5. The van der Waals surface area contributed by atoms with E-state index in [4.69, 9.17) is 4.74 Å². The Bertz CT molecular complexity index is 480. The molecular formula is C19H28O. The monoisotopic (exact) mass is 272 g/mol. The Morgan fingerprint density at radius 1 is 1.15 bits per heavy atom. The molecule has 0 unspecified atom stereocenters. The smallest absolute Gasteiger partial charge is 0.0898 e. The Hall–Kier alpha value is -0.300. The maximum atomic E-state index is 5.92. The van der Waals surface area contributed by atoms with Gasteiger partial charge in [0.15, 0.2) is 0 Å². The molecule has 0 amide bonds. The minimum atomic E-state index is 0.530. The molecule has 0 aromatic heterocycles. The first-order valence-electron chi connectivity index (χ1n) is 8.98. The summed E-state index contributed by atoms with van der Waals surface area (Å²) in [7, 11) is 0. The van der Waals surface area contributed by atoms with Gasteiger partial charge in [-0.25, -0.2) is 0 Å². The standard InChI is InChI=1S/C19H28O/c1-18-9-4-3-5-12(18)6-7-13-14(18)8-10-19(2)15(13)11-16-17(19)20-16/h6,13-17H,3-5,7-11H2,1-2H3/t13-,14+,15+,16-,17-,18+,19+/m1/s1. The van der Waals surface area contributed by atoms with Gasteiger partial charge in [0.25, 0.3) is 0 Å². The third kappa shape index (κ3) is 1.34. The highest BCUT2D eigenvalue weighted by molar-refractivity contribution is 5.25. The van der Waals surface area contributed by atoms with E-state index >= 15 is 0 Å². The second-order valence-electron chi connectivity index (χ2n) is 8.84. The summed E-state index contributed by atoms with van der Waals surface area (Å²) >= 11 is 0. The molecule has 1 aliphatic heterocycles. The predicted molar refractivity (Wildman–Crippen MR) is 80.4 cm³/mol. The Balaban J connectivity index is 1.52. The molecule has 7 atom stereocenters. The van der Waals surface area contributed by atoms with Crippen LogP contribution in [-0.4, -0.2) is 12.2 Å². The van der Waals surface area contributed by atoms with Crippen molar-refractivity contribution < 1.29 is 4.74 Å². The van der Waals surface area contributed by atoms with Gasteiger partial charge in [0.05, 0.1) is 12.2 Å². The largest absolute Gasteiger partial charge is 0.369 e. The van der Waals surface area contributed by atoms with Gasteiger partial charge in [0.1, 0.15) is 0 Å². The summed E-state index contributed by atoms with van der Waals surface area (Å²) in [5.74, 6) is 2.91. The highest BCUT2D eigenvalue weighted by Crippen LogP contribution is 2.68. The highest BCUT2D eigenvalue weighted by atomic mass is 16.6. The van der Waals surface area contributed by atoms with Crippen LogP contribution in [0.1, 0.15) is 65.2 Å². The molecule has 4 aliphatic carbocycles. The zero-order valence-corrected chi connectivity index (χ0v) is 13.0. The number of rotatable bonds is 0. The van der Waals surface area contributed by atoms with Crippen LogP contribution >= 0.6 is 0 Å². The Morgan fingerprint density at radius 3 is 2.95 bits per heavy atom. The maximum absolute atomic E-state index is 5.92. The van der Waals surface area contributed by atoms with E-state index in [0.717, 1.165) is 17.8 Å². The zero-order valence-electron chi connectivity index (χ0n) is 13.0. The summed E-state index contributed by atoms with van der Waals surface area (Å²) in [6.07, 6.45) is 15.4. The first-order chi connectivity index (χ1) is 9.63. The minimum absolute atomic E-state index is 0.530. The van der Waals surface area contributed by atoms with E-state index in [1.165, 1.54) is 51.4 Å². The molecule has 20 heavy (non-hydrogen) atoms. The van der Waals surface area contributed by atoms with Crippen molar-refractivity contribution in [2.75, 3.05) is 0 Å². The van der Waals surface area contributed by atoms with Crippen molar-refractivity contribution >= 4 is 0 Å². The molecule has 1 nitrogen and oxygen atoms in total. The molecule has 110 valence electrons. The summed E-state index contributed by atoms with van der Waals surface area (Å²) in [4.78, 5) is 0. The van der Waals surface area contributed by atoms with Crippen molar-refractivity contribution in [3.05, 3.63) is 11.6 Å². The van der Waals surface area contributed by atoms with Crippen LogP contribution in [0.3, 0.4) is 0 Å². The number of hydrogen-bond acceptors (Lipinski definition) is 1. The van der Waals surface area contributed by atoms with Crippen molar-refractivity contribution in [2.24, 2.45) is 28.6 Å². The Kier molecular flexibility index (Phi) is 2.28. The van der Waals surface area contributed by atoms with Crippen LogP contribution in [0.15, 0.2) is 11.6 Å². The lowest BCUT2D eigenvalue weighted by Gasteiger charge is -2.57. The number of epoxide rings is 1. The maximum Gasteiger partial charge on any atom is 0.0898 e. The van der Waals surface area contributed by atoms with E-state index in [-0.39, 0.29) is 0 Å². The summed E-state index contributed by atoms with van der Waals surface area (Å²) in [6.45, 7) is 5.16. The SMILES string of the molecule is C[C@]12CC[C@H]3[C@@H](CC=C4CCCC[C@@]43C)[C@@H]1C[C@H]1O[C@H]12. The van der Waals surface area contributed by atoms with Crippen molar-refractivity contribution in [2.45, 2.75) is 77.4 Å². The molecule has 0 bridgehead atoms. The van der Waals surface area contributed by atoms with Crippen LogP contribution in [0, 0.1) is 28.6 Å². The quantitative estimate of drug-likeness (QED) is 0.459. The molecule has 1 heterocycles. The van der Waals surface area contributed by atoms with Gasteiger partial charge in [-0.1, -0.05) is 31.9 Å². The lowest BCUT2D eigenvalue weighted by Crippen LogP contribution is -2.49. The summed E-state index contributed by atoms with van der Waals surface area (Å²) in [5, 5.41) is 0. The molecule has 1 heteroatoms. The lowest BCUT2D eigenvalue weighted by atomic mass is 9.48. The van der Waals surface area contributed by atoms with E-state index in [1.54, 1.807) is 0 Å². The van der Waals surface area contributed by atoms with Crippen LogP contribution in [0.5, 0.6) is 0 Å². The molecule has 0 spiro atoms. The average Bonchev–Trinajstić information content (AvgIpc) is 3.16. The van der Waals surface area contributed by atoms with Gasteiger partial charge in [-0.15, -0.1) is 0 Å². The predicted octanol–water partition coefficient (Wildman–Crippen LogP) is 4.72. The number of fused-ring (bicyclic) bond motifs is 7. The topological polar surface area (TPSA) is 12.5 Å². The van der Waals surface area contributed by atoms with Gasteiger partial charge in [-0.3, -0.25) is 0 Å². The molecule has 0 aromatic rings. The lowest BCUT2D eigenvalue weighted by molar-refractivity contribution is -0.0543. The normalized spacial score (nSPS) is 59.9. The molecule has 0 aromatic carbocycles. The first-order valence-corrected chi connectivity index (χ1v) is 8.98. The van der Waals surface area contributed by atoms with Crippen molar-refractivity contribution in [1.82, 2.24) is 0 Å². The van der Waals surface area contributed by atoms with E-state index in [9.17, 15) is 0 Å². The van der Waals surface area contributed by atoms with Crippen molar-refractivity contribution in [3.63, 3.8) is 0 Å². The minimum Gasteiger partial charge on any atom is -0.369 e. The molecule has 1 saturated heterocycles. The molecule has 3 saturated carbocycles. The van der Waals surface area contributed by atoms with Gasteiger partial charge < -0.3 is 4.74 Å². The van der Waals surface area contributed by atoms with Crippen molar-refractivity contribution in [3.8, 4) is 0 Å². The van der Waals surface area contributed by atoms with E-state index in [2.05, 4.69) is 19.9 Å². The summed E-state index contributed by atoms with van der Waals surface area (Å²) in [5.41, 5.74) is 2.94. The molecule has 0 N–H and O–H groups in total. The van der Waals surface area contributed by atoms with Crippen LogP contribution in [0.25, 0.3) is 0 Å². The van der Waals surface area contributed by atoms with Gasteiger partial charge in [0, 0.05) is 0 Å². The third-order valence-electron chi connectivity index (χ3n) is 8.17. The Labute approximate surface area is 123 Å².